The molecule has 0 bridgehead atoms. The average molecular weight is 488 g/mol. The summed E-state index contributed by atoms with van der Waals surface area (Å²) in [7, 11) is 0. The molecular weight excluding hydrogens is 465 g/mol. The second kappa shape index (κ2) is 8.18. The molecule has 1 aromatic heterocycles. The molecule has 2 amide bonds. The molecule has 2 N–H and O–H groups in total. The van der Waals surface area contributed by atoms with E-state index >= 15 is 0 Å². The van der Waals surface area contributed by atoms with Gasteiger partial charge in [-0.05, 0) is 54.8 Å². The number of rotatable bonds is 3. The first-order valence-corrected chi connectivity index (χ1v) is 11.6. The molecule has 10 heteroatoms. The van der Waals surface area contributed by atoms with Gasteiger partial charge in [0.05, 0.1) is 0 Å². The molecule has 2 atom stereocenters. The molecule has 2 aromatic carbocycles. The fourth-order valence-corrected chi connectivity index (χ4v) is 6.05. The van der Waals surface area contributed by atoms with Gasteiger partial charge in [0, 0.05) is 52.6 Å². The third-order valence-corrected chi connectivity index (χ3v) is 7.62. The van der Waals surface area contributed by atoms with Crippen LogP contribution in [0, 0.1) is 5.41 Å². The quantitative estimate of drug-likeness (QED) is 0.559. The minimum absolute atomic E-state index is 0.0361. The maximum Gasteiger partial charge on any atom is 0.407 e. The Morgan fingerprint density at radius 2 is 1.76 bits per heavy atom. The molecule has 2 saturated heterocycles. The summed E-state index contributed by atoms with van der Waals surface area (Å²) in [6, 6.07) is 10.7. The lowest BCUT2D eigenvalue weighted by Crippen LogP contribution is -2.70. The summed E-state index contributed by atoms with van der Waals surface area (Å²) in [5.41, 5.74) is 2.69. The van der Waals surface area contributed by atoms with E-state index in [4.69, 9.17) is 23.2 Å². The molecule has 0 saturated carbocycles. The fraction of sp³-hybridized carbons (Fsp3) is 0.391. The Kier molecular flexibility index (Phi) is 5.45. The number of piperidine rings is 1. The van der Waals surface area contributed by atoms with Crippen molar-refractivity contribution in [3.8, 4) is 0 Å². The molecule has 1 spiro atoms. The smallest absolute Gasteiger partial charge is 0.407 e. The zero-order valence-corrected chi connectivity index (χ0v) is 19.5. The molecule has 5 rings (SSSR count). The predicted octanol–water partition coefficient (Wildman–Crippen LogP) is 4.65. The van der Waals surface area contributed by atoms with Crippen LogP contribution in [0.4, 0.5) is 4.79 Å². The largest absolute Gasteiger partial charge is 0.465 e. The lowest BCUT2D eigenvalue weighted by atomic mass is 9.60. The Labute approximate surface area is 200 Å². The van der Waals surface area contributed by atoms with E-state index in [-0.39, 0.29) is 23.3 Å². The van der Waals surface area contributed by atoms with Gasteiger partial charge in [0.2, 0.25) is 0 Å². The van der Waals surface area contributed by atoms with Crippen molar-refractivity contribution in [2.24, 2.45) is 5.41 Å². The molecule has 3 aromatic rings. The van der Waals surface area contributed by atoms with Crippen LogP contribution in [0.25, 0.3) is 11.0 Å². The molecule has 2 aliphatic heterocycles. The number of aromatic amines is 1. The van der Waals surface area contributed by atoms with Gasteiger partial charge < -0.3 is 14.9 Å². The van der Waals surface area contributed by atoms with Crippen molar-refractivity contribution >= 4 is 46.2 Å². The van der Waals surface area contributed by atoms with Gasteiger partial charge in [0.15, 0.2) is 0 Å². The Balaban J connectivity index is 1.48. The Hall–Kier alpha value is -2.84. The SMILES string of the molecule is CC(c1cc(Cl)cc(Cl)c1)C1N(C(=O)c2ccc3n[nH]nc3c2)CC12CCN(C(=O)O)CC2. The first-order chi connectivity index (χ1) is 15.8. The van der Waals surface area contributed by atoms with Crippen LogP contribution >= 0.6 is 23.2 Å². The normalized spacial score (nSPS) is 20.6. The molecule has 2 unspecified atom stereocenters. The number of hydrogen-bond donors (Lipinski definition) is 2. The van der Waals surface area contributed by atoms with Gasteiger partial charge in [-0.3, -0.25) is 4.79 Å². The first-order valence-electron chi connectivity index (χ1n) is 10.8. The number of carbonyl (C=O) groups excluding carboxylic acids is 1. The number of aromatic nitrogens is 3. The van der Waals surface area contributed by atoms with Crippen LogP contribution in [0.2, 0.25) is 10.0 Å². The van der Waals surface area contributed by atoms with Gasteiger partial charge in [-0.2, -0.15) is 15.4 Å². The van der Waals surface area contributed by atoms with Crippen molar-refractivity contribution < 1.29 is 14.7 Å². The Bertz CT molecular complexity index is 1220. The van der Waals surface area contributed by atoms with Crippen molar-refractivity contribution in [1.82, 2.24) is 25.2 Å². The van der Waals surface area contributed by atoms with E-state index < -0.39 is 6.09 Å². The summed E-state index contributed by atoms with van der Waals surface area (Å²) in [4.78, 5) is 28.4. The molecule has 2 fully saturated rings. The van der Waals surface area contributed by atoms with Gasteiger partial charge in [0.1, 0.15) is 11.0 Å². The van der Waals surface area contributed by atoms with Crippen LogP contribution in [0.3, 0.4) is 0 Å². The van der Waals surface area contributed by atoms with Crippen LogP contribution in [0.15, 0.2) is 36.4 Å². The number of carboxylic acid groups (broad SMARTS) is 1. The molecule has 0 radical (unpaired) electrons. The van der Waals surface area contributed by atoms with Crippen molar-refractivity contribution in [3.05, 3.63) is 57.6 Å². The average Bonchev–Trinajstić information content (AvgIpc) is 3.24. The highest BCUT2D eigenvalue weighted by Crippen LogP contribution is 2.52. The number of nitrogens with one attached hydrogen (secondary N) is 1. The molecule has 8 nitrogen and oxygen atoms in total. The summed E-state index contributed by atoms with van der Waals surface area (Å²) < 4.78 is 0. The van der Waals surface area contributed by atoms with Gasteiger partial charge in [-0.25, -0.2) is 4.79 Å². The van der Waals surface area contributed by atoms with Gasteiger partial charge in [-0.15, -0.1) is 0 Å². The van der Waals surface area contributed by atoms with Crippen LogP contribution < -0.4 is 0 Å². The van der Waals surface area contributed by atoms with E-state index in [1.54, 1.807) is 24.3 Å². The van der Waals surface area contributed by atoms with Crippen molar-refractivity contribution in [1.29, 1.82) is 0 Å². The molecular formula is C23H23Cl2N5O3. The maximum absolute atomic E-state index is 13.6. The Morgan fingerprint density at radius 3 is 2.42 bits per heavy atom. The molecule has 33 heavy (non-hydrogen) atoms. The lowest BCUT2D eigenvalue weighted by Gasteiger charge is -2.62. The first kappa shape index (κ1) is 22.0. The summed E-state index contributed by atoms with van der Waals surface area (Å²) in [6.45, 7) is 3.58. The summed E-state index contributed by atoms with van der Waals surface area (Å²) in [5, 5.41) is 21.2. The van der Waals surface area contributed by atoms with E-state index in [9.17, 15) is 14.7 Å². The number of H-pyrrole nitrogens is 1. The number of hydrogen-bond acceptors (Lipinski definition) is 4. The van der Waals surface area contributed by atoms with Crippen molar-refractivity contribution in [2.45, 2.75) is 31.7 Å². The maximum atomic E-state index is 13.6. The van der Waals surface area contributed by atoms with Crippen LogP contribution in [0.1, 0.15) is 41.6 Å². The van der Waals surface area contributed by atoms with Crippen molar-refractivity contribution in [2.75, 3.05) is 19.6 Å². The second-order valence-electron chi connectivity index (χ2n) is 9.03. The second-order valence-corrected chi connectivity index (χ2v) is 9.90. The van der Waals surface area contributed by atoms with Crippen molar-refractivity contribution in [3.63, 3.8) is 0 Å². The van der Waals surface area contributed by atoms with Gasteiger partial charge in [-0.1, -0.05) is 30.1 Å². The topological polar surface area (TPSA) is 102 Å². The van der Waals surface area contributed by atoms with E-state index in [2.05, 4.69) is 22.3 Å². The van der Waals surface area contributed by atoms with E-state index in [1.807, 2.05) is 17.0 Å². The molecule has 0 aliphatic carbocycles. The number of carbonyl (C=O) groups is 2. The Morgan fingerprint density at radius 1 is 1.09 bits per heavy atom. The zero-order chi connectivity index (χ0) is 23.3. The summed E-state index contributed by atoms with van der Waals surface area (Å²) >= 11 is 12.6. The molecule has 2 aliphatic rings. The lowest BCUT2D eigenvalue weighted by molar-refractivity contribution is -0.0928. The van der Waals surface area contributed by atoms with Gasteiger partial charge >= 0.3 is 6.09 Å². The summed E-state index contributed by atoms with van der Waals surface area (Å²) in [5.74, 6) is -0.109. The fourth-order valence-electron chi connectivity index (χ4n) is 5.50. The number of amides is 2. The van der Waals surface area contributed by atoms with Gasteiger partial charge in [0.25, 0.3) is 5.91 Å². The van der Waals surface area contributed by atoms with Crippen LogP contribution in [0.5, 0.6) is 0 Å². The number of benzene rings is 2. The number of fused-ring (bicyclic) bond motifs is 1. The third-order valence-electron chi connectivity index (χ3n) is 7.19. The number of likely N-dealkylation sites (tertiary alicyclic amines) is 2. The third kappa shape index (κ3) is 3.81. The minimum atomic E-state index is -0.899. The van der Waals surface area contributed by atoms with E-state index in [0.717, 1.165) is 5.56 Å². The summed E-state index contributed by atoms with van der Waals surface area (Å²) in [6.07, 6.45) is 0.507. The predicted molar refractivity (Wildman–Crippen MR) is 125 cm³/mol. The molecule has 3 heterocycles. The highest BCUT2D eigenvalue weighted by atomic mass is 35.5. The van der Waals surface area contributed by atoms with E-state index in [0.29, 0.717) is 59.1 Å². The minimum Gasteiger partial charge on any atom is -0.465 e. The molecule has 172 valence electrons. The zero-order valence-electron chi connectivity index (χ0n) is 18.0. The van der Waals surface area contributed by atoms with E-state index in [1.165, 1.54) is 4.90 Å². The number of nitrogens with zero attached hydrogens (tertiary/aromatic N) is 4. The highest BCUT2D eigenvalue weighted by molar-refractivity contribution is 6.34. The highest BCUT2D eigenvalue weighted by Gasteiger charge is 2.57. The van der Waals surface area contributed by atoms with Crippen LogP contribution in [-0.2, 0) is 0 Å². The van der Waals surface area contributed by atoms with Crippen LogP contribution in [-0.4, -0.2) is 68.0 Å². The number of halogens is 2. The standard InChI is InChI=1S/C23H23Cl2N5O3/c1-13(15-8-16(24)11-17(25)9-15)20-23(4-6-29(7-5-23)22(32)33)12-30(20)21(31)14-2-3-18-19(10-14)27-28-26-18/h2-3,8-11,13,20H,4-7,12H2,1H3,(H,32,33)(H,26,27,28). The monoisotopic (exact) mass is 487 g/mol.